The minimum Gasteiger partial charge on any atom is -0.311 e. The number of benzene rings is 3. The van der Waals surface area contributed by atoms with Crippen molar-refractivity contribution in [2.24, 2.45) is 5.92 Å². The number of aryl methyl sites for hydroxylation is 1. The van der Waals surface area contributed by atoms with Crippen LogP contribution >= 0.6 is 0 Å². The minimum atomic E-state index is 0.609. The second-order valence-electron chi connectivity index (χ2n) is 7.29. The van der Waals surface area contributed by atoms with Crippen molar-refractivity contribution in [2.45, 2.75) is 20.3 Å². The van der Waals surface area contributed by atoms with Gasteiger partial charge in [-0.25, -0.2) is 0 Å². The molecule has 0 aromatic heterocycles. The van der Waals surface area contributed by atoms with E-state index in [4.69, 9.17) is 0 Å². The molecule has 1 unspecified atom stereocenters. The molecule has 0 saturated carbocycles. The fourth-order valence-corrected chi connectivity index (χ4v) is 3.55. The van der Waals surface area contributed by atoms with Crippen molar-refractivity contribution in [2.75, 3.05) is 4.90 Å². The van der Waals surface area contributed by atoms with Crippen molar-refractivity contribution >= 4 is 22.6 Å². The maximum Gasteiger partial charge on any atom is 0.0462 e. The monoisotopic (exact) mass is 351 g/mol. The summed E-state index contributed by atoms with van der Waals surface area (Å²) in [5.74, 6) is 0.609. The first-order chi connectivity index (χ1) is 13.2. The van der Waals surface area contributed by atoms with E-state index < -0.39 is 0 Å². The van der Waals surface area contributed by atoms with E-state index in [1.807, 2.05) is 0 Å². The van der Waals surface area contributed by atoms with Gasteiger partial charge in [0.1, 0.15) is 0 Å². The van der Waals surface area contributed by atoms with Crippen molar-refractivity contribution in [3.8, 4) is 0 Å². The maximum absolute atomic E-state index is 2.37. The van der Waals surface area contributed by atoms with Crippen LogP contribution < -0.4 is 4.90 Å². The van der Waals surface area contributed by atoms with Crippen LogP contribution in [0.2, 0.25) is 0 Å². The zero-order chi connectivity index (χ0) is 18.6. The molecule has 0 heterocycles. The molecular formula is C26H25N. The van der Waals surface area contributed by atoms with Crippen molar-refractivity contribution in [3.05, 3.63) is 108 Å². The molecule has 0 amide bonds. The van der Waals surface area contributed by atoms with Crippen LogP contribution in [0.1, 0.15) is 24.5 Å². The molecule has 134 valence electrons. The van der Waals surface area contributed by atoms with Gasteiger partial charge in [-0.1, -0.05) is 73.2 Å². The van der Waals surface area contributed by atoms with Crippen LogP contribution in [0.3, 0.4) is 0 Å². The van der Waals surface area contributed by atoms with E-state index in [9.17, 15) is 0 Å². The average molecular weight is 351 g/mol. The fraction of sp³-hybridized carbons (Fsp3) is 0.154. The van der Waals surface area contributed by atoms with Gasteiger partial charge in [-0.05, 0) is 66.8 Å². The quantitative estimate of drug-likeness (QED) is 0.472. The lowest BCUT2D eigenvalue weighted by Crippen LogP contribution is -2.09. The van der Waals surface area contributed by atoms with E-state index in [1.165, 1.54) is 33.8 Å². The van der Waals surface area contributed by atoms with E-state index >= 15 is 0 Å². The lowest BCUT2D eigenvalue weighted by atomic mass is 9.93. The zero-order valence-corrected chi connectivity index (χ0v) is 16.0. The molecular weight excluding hydrogens is 326 g/mol. The molecule has 4 rings (SSSR count). The highest BCUT2D eigenvalue weighted by atomic mass is 15.1. The largest absolute Gasteiger partial charge is 0.311 e. The molecule has 0 radical (unpaired) electrons. The first-order valence-electron chi connectivity index (χ1n) is 9.61. The zero-order valence-electron chi connectivity index (χ0n) is 16.0. The van der Waals surface area contributed by atoms with Crippen LogP contribution in [0.25, 0.3) is 5.57 Å². The van der Waals surface area contributed by atoms with Crippen molar-refractivity contribution in [3.63, 3.8) is 0 Å². The van der Waals surface area contributed by atoms with Gasteiger partial charge in [0, 0.05) is 17.1 Å². The Morgan fingerprint density at radius 3 is 1.96 bits per heavy atom. The number of para-hydroxylation sites is 1. The van der Waals surface area contributed by atoms with Gasteiger partial charge in [-0.3, -0.25) is 0 Å². The summed E-state index contributed by atoms with van der Waals surface area (Å²) in [6, 6.07) is 28.1. The highest BCUT2D eigenvalue weighted by Crippen LogP contribution is 2.35. The summed E-state index contributed by atoms with van der Waals surface area (Å²) in [6.45, 7) is 4.39. The van der Waals surface area contributed by atoms with Gasteiger partial charge >= 0.3 is 0 Å². The topological polar surface area (TPSA) is 3.24 Å². The van der Waals surface area contributed by atoms with Gasteiger partial charge in [-0.2, -0.15) is 0 Å². The van der Waals surface area contributed by atoms with E-state index in [0.717, 1.165) is 6.42 Å². The highest BCUT2D eigenvalue weighted by molar-refractivity contribution is 5.80. The number of hydrogen-bond donors (Lipinski definition) is 0. The van der Waals surface area contributed by atoms with Crippen LogP contribution in [0.5, 0.6) is 0 Å². The number of hydrogen-bond acceptors (Lipinski definition) is 1. The van der Waals surface area contributed by atoms with Crippen molar-refractivity contribution in [1.29, 1.82) is 0 Å². The first-order valence-corrected chi connectivity index (χ1v) is 9.61. The summed E-state index contributed by atoms with van der Waals surface area (Å²) in [7, 11) is 0. The van der Waals surface area contributed by atoms with Crippen LogP contribution in [0.15, 0.2) is 97.1 Å². The molecule has 0 saturated heterocycles. The Kier molecular flexibility index (Phi) is 4.93. The lowest BCUT2D eigenvalue weighted by Gasteiger charge is -2.26. The Labute approximate surface area is 162 Å². The number of rotatable bonds is 4. The number of nitrogens with zero attached hydrogens (tertiary/aromatic N) is 1. The molecule has 1 nitrogen and oxygen atoms in total. The minimum absolute atomic E-state index is 0.609. The summed E-state index contributed by atoms with van der Waals surface area (Å²) in [4.78, 5) is 2.30. The standard InChI is InChI=1S/C26H25N/c1-20-11-15-25(16-12-20)27(24-9-4-3-5-10-24)26-17-13-22(14-18-26)23-8-6-7-21(2)19-23/h3-6,8-19,21H,7H2,1-2H3. The number of allylic oxidation sites excluding steroid dienone is 4. The Morgan fingerprint density at radius 2 is 1.33 bits per heavy atom. The smallest absolute Gasteiger partial charge is 0.0462 e. The summed E-state index contributed by atoms with van der Waals surface area (Å²) in [5, 5.41) is 0. The van der Waals surface area contributed by atoms with Gasteiger partial charge in [0.15, 0.2) is 0 Å². The molecule has 0 spiro atoms. The molecule has 0 aliphatic heterocycles. The van der Waals surface area contributed by atoms with E-state index in [0.29, 0.717) is 5.92 Å². The third-order valence-corrected chi connectivity index (χ3v) is 5.03. The van der Waals surface area contributed by atoms with Crippen LogP contribution in [0.4, 0.5) is 17.1 Å². The molecule has 0 fully saturated rings. The van der Waals surface area contributed by atoms with Crippen LogP contribution in [-0.4, -0.2) is 0 Å². The SMILES string of the molecule is Cc1ccc(N(c2ccccc2)c2ccc(C3=CC(C)CC=C3)cc2)cc1. The van der Waals surface area contributed by atoms with Crippen LogP contribution in [-0.2, 0) is 0 Å². The Hall–Kier alpha value is -3.06. The third-order valence-electron chi connectivity index (χ3n) is 5.03. The highest BCUT2D eigenvalue weighted by Gasteiger charge is 2.13. The second-order valence-corrected chi connectivity index (χ2v) is 7.29. The molecule has 3 aromatic rings. The third kappa shape index (κ3) is 3.88. The average Bonchev–Trinajstić information content (AvgIpc) is 2.71. The van der Waals surface area contributed by atoms with Gasteiger partial charge in [0.25, 0.3) is 0 Å². The molecule has 1 aliphatic rings. The van der Waals surface area contributed by atoms with Crippen molar-refractivity contribution in [1.82, 2.24) is 0 Å². The van der Waals surface area contributed by atoms with Gasteiger partial charge in [0.05, 0.1) is 0 Å². The molecule has 0 N–H and O–H groups in total. The predicted octanol–water partition coefficient (Wildman–Crippen LogP) is 7.44. The number of anilines is 3. The van der Waals surface area contributed by atoms with Crippen LogP contribution in [0, 0.1) is 12.8 Å². The molecule has 1 heteroatoms. The summed E-state index contributed by atoms with van der Waals surface area (Å²) in [5.41, 5.74) is 7.37. The summed E-state index contributed by atoms with van der Waals surface area (Å²) < 4.78 is 0. The Balaban J connectivity index is 1.72. The van der Waals surface area contributed by atoms with Crippen molar-refractivity contribution < 1.29 is 0 Å². The van der Waals surface area contributed by atoms with E-state index in [2.05, 4.69) is 116 Å². The molecule has 27 heavy (non-hydrogen) atoms. The summed E-state index contributed by atoms with van der Waals surface area (Å²) >= 11 is 0. The first kappa shape index (κ1) is 17.4. The lowest BCUT2D eigenvalue weighted by molar-refractivity contribution is 0.740. The predicted molar refractivity (Wildman–Crippen MR) is 117 cm³/mol. The summed E-state index contributed by atoms with van der Waals surface area (Å²) in [6.07, 6.45) is 8.02. The Morgan fingerprint density at radius 1 is 0.741 bits per heavy atom. The van der Waals surface area contributed by atoms with Gasteiger partial charge in [-0.15, -0.1) is 0 Å². The Bertz CT molecular complexity index is 947. The van der Waals surface area contributed by atoms with E-state index in [1.54, 1.807) is 0 Å². The molecule has 1 atom stereocenters. The second kappa shape index (κ2) is 7.67. The fourth-order valence-electron chi connectivity index (χ4n) is 3.55. The van der Waals surface area contributed by atoms with E-state index in [-0.39, 0.29) is 0 Å². The van der Waals surface area contributed by atoms with Gasteiger partial charge in [0.2, 0.25) is 0 Å². The normalized spacial score (nSPS) is 16.1. The maximum atomic E-state index is 2.37. The molecule has 3 aromatic carbocycles. The molecule has 0 bridgehead atoms. The molecule has 1 aliphatic carbocycles. The van der Waals surface area contributed by atoms with Gasteiger partial charge < -0.3 is 4.90 Å².